The zero-order valence-electron chi connectivity index (χ0n) is 7.66. The van der Waals surface area contributed by atoms with Gasteiger partial charge in [0.15, 0.2) is 0 Å². The van der Waals surface area contributed by atoms with Crippen molar-refractivity contribution in [3.05, 3.63) is 41.1 Å². The first kappa shape index (κ1) is 9.34. The van der Waals surface area contributed by atoms with Gasteiger partial charge in [0, 0.05) is 4.47 Å². The van der Waals surface area contributed by atoms with Crippen molar-refractivity contribution in [2.45, 2.75) is 0 Å². The Labute approximate surface area is 90.6 Å². The van der Waals surface area contributed by atoms with Crippen LogP contribution in [0.25, 0.3) is 11.3 Å². The Morgan fingerprint density at radius 3 is 2.79 bits per heavy atom. The van der Waals surface area contributed by atoms with E-state index in [1.165, 1.54) is 0 Å². The minimum absolute atomic E-state index is 0.800. The molecule has 14 heavy (non-hydrogen) atoms. The number of hydrogen-bond acceptors (Lipinski definition) is 2. The highest BCUT2D eigenvalue weighted by Gasteiger charge is 2.07. The van der Waals surface area contributed by atoms with Gasteiger partial charge in [0.2, 0.25) is 0 Å². The van der Waals surface area contributed by atoms with Crippen LogP contribution >= 0.6 is 15.9 Å². The molecule has 1 aromatic carbocycles. The first-order chi connectivity index (χ1) is 6.81. The summed E-state index contributed by atoms with van der Waals surface area (Å²) in [6.07, 6.45) is 1.65. The lowest BCUT2D eigenvalue weighted by molar-refractivity contribution is 0.414. The third-order valence-corrected chi connectivity index (χ3v) is 2.44. The summed E-state index contributed by atoms with van der Waals surface area (Å²) >= 11 is 3.39. The molecular weight excluding hydrogens is 244 g/mol. The normalized spacial score (nSPS) is 10.1. The Bertz CT molecular complexity index is 421. The second kappa shape index (κ2) is 3.88. The van der Waals surface area contributed by atoms with Crippen molar-refractivity contribution in [2.24, 2.45) is 0 Å². The number of ether oxygens (including phenoxy) is 1. The van der Waals surface area contributed by atoms with Gasteiger partial charge < -0.3 is 9.15 Å². The lowest BCUT2D eigenvalue weighted by atomic mass is 10.1. The van der Waals surface area contributed by atoms with Crippen LogP contribution in [0.4, 0.5) is 0 Å². The van der Waals surface area contributed by atoms with Crippen LogP contribution in [0.2, 0.25) is 0 Å². The van der Waals surface area contributed by atoms with Gasteiger partial charge in [-0.05, 0) is 30.3 Å². The summed E-state index contributed by atoms with van der Waals surface area (Å²) in [5.74, 6) is 1.61. The molecule has 3 heteroatoms. The topological polar surface area (TPSA) is 22.4 Å². The van der Waals surface area contributed by atoms with Crippen molar-refractivity contribution in [2.75, 3.05) is 7.11 Å². The van der Waals surface area contributed by atoms with E-state index in [1.807, 2.05) is 30.3 Å². The first-order valence-electron chi connectivity index (χ1n) is 4.18. The van der Waals surface area contributed by atoms with E-state index < -0.39 is 0 Å². The smallest absolute Gasteiger partial charge is 0.137 e. The van der Waals surface area contributed by atoms with Crippen LogP contribution in [-0.2, 0) is 0 Å². The zero-order valence-corrected chi connectivity index (χ0v) is 9.24. The summed E-state index contributed by atoms with van der Waals surface area (Å²) in [5.41, 5.74) is 0.959. The lowest BCUT2D eigenvalue weighted by Crippen LogP contribution is -1.86. The maximum atomic E-state index is 5.31. The lowest BCUT2D eigenvalue weighted by Gasteiger charge is -2.05. The fraction of sp³-hybridized carbons (Fsp3) is 0.0909. The summed E-state index contributed by atoms with van der Waals surface area (Å²) < 4.78 is 11.6. The number of benzene rings is 1. The summed E-state index contributed by atoms with van der Waals surface area (Å²) in [6, 6.07) is 9.60. The van der Waals surface area contributed by atoms with Gasteiger partial charge in [0.25, 0.3) is 0 Å². The third kappa shape index (κ3) is 1.68. The molecule has 0 aliphatic carbocycles. The van der Waals surface area contributed by atoms with Crippen molar-refractivity contribution in [1.29, 1.82) is 0 Å². The van der Waals surface area contributed by atoms with Gasteiger partial charge in [-0.25, -0.2) is 0 Å². The highest BCUT2D eigenvalue weighted by molar-refractivity contribution is 9.10. The van der Waals surface area contributed by atoms with Gasteiger partial charge in [-0.1, -0.05) is 15.9 Å². The Balaban J connectivity index is 2.53. The maximum absolute atomic E-state index is 5.31. The van der Waals surface area contributed by atoms with E-state index in [4.69, 9.17) is 9.15 Å². The molecule has 0 radical (unpaired) electrons. The van der Waals surface area contributed by atoms with Crippen LogP contribution in [0.1, 0.15) is 0 Å². The maximum Gasteiger partial charge on any atom is 0.137 e. The minimum Gasteiger partial charge on any atom is -0.496 e. The molecule has 72 valence electrons. The molecule has 0 aliphatic heterocycles. The molecule has 0 unspecified atom stereocenters. The van der Waals surface area contributed by atoms with Crippen LogP contribution in [0.15, 0.2) is 45.5 Å². The molecule has 0 amide bonds. The SMILES string of the molecule is COc1cc(Br)ccc1-c1ccco1. The predicted molar refractivity (Wildman–Crippen MR) is 58.4 cm³/mol. The Hall–Kier alpha value is -1.22. The van der Waals surface area contributed by atoms with Crippen LogP contribution in [0, 0.1) is 0 Å². The molecule has 2 rings (SSSR count). The monoisotopic (exact) mass is 252 g/mol. The standard InChI is InChI=1S/C11H9BrO2/c1-13-11-7-8(12)4-5-9(11)10-3-2-6-14-10/h2-7H,1H3. The quantitative estimate of drug-likeness (QED) is 0.813. The van der Waals surface area contributed by atoms with Gasteiger partial charge in [0.05, 0.1) is 18.9 Å². The zero-order chi connectivity index (χ0) is 9.97. The number of rotatable bonds is 2. The van der Waals surface area contributed by atoms with Crippen LogP contribution < -0.4 is 4.74 Å². The molecule has 0 spiro atoms. The van der Waals surface area contributed by atoms with Crippen molar-refractivity contribution in [3.8, 4) is 17.1 Å². The second-order valence-corrected chi connectivity index (χ2v) is 3.74. The number of furan rings is 1. The van der Waals surface area contributed by atoms with E-state index in [2.05, 4.69) is 15.9 Å². The molecule has 2 aromatic rings. The fourth-order valence-electron chi connectivity index (χ4n) is 1.30. The fourth-order valence-corrected chi connectivity index (χ4v) is 1.64. The van der Waals surface area contributed by atoms with E-state index in [-0.39, 0.29) is 0 Å². The minimum atomic E-state index is 0.800. The molecular formula is C11H9BrO2. The van der Waals surface area contributed by atoms with Gasteiger partial charge in [-0.3, -0.25) is 0 Å². The van der Waals surface area contributed by atoms with E-state index in [9.17, 15) is 0 Å². The van der Waals surface area contributed by atoms with Gasteiger partial charge in [-0.2, -0.15) is 0 Å². The highest BCUT2D eigenvalue weighted by atomic mass is 79.9. The number of methoxy groups -OCH3 is 1. The molecule has 0 fully saturated rings. The predicted octanol–water partition coefficient (Wildman–Crippen LogP) is 3.72. The molecule has 1 heterocycles. The molecule has 0 aliphatic rings. The van der Waals surface area contributed by atoms with E-state index in [0.717, 1.165) is 21.5 Å². The van der Waals surface area contributed by atoms with E-state index in [0.29, 0.717) is 0 Å². The third-order valence-electron chi connectivity index (χ3n) is 1.95. The van der Waals surface area contributed by atoms with Gasteiger partial charge >= 0.3 is 0 Å². The molecule has 0 bridgehead atoms. The molecule has 0 atom stereocenters. The van der Waals surface area contributed by atoms with Crippen LogP contribution in [0.5, 0.6) is 5.75 Å². The van der Waals surface area contributed by atoms with Gasteiger partial charge in [-0.15, -0.1) is 0 Å². The van der Waals surface area contributed by atoms with Crippen molar-refractivity contribution in [1.82, 2.24) is 0 Å². The average molecular weight is 253 g/mol. The highest BCUT2D eigenvalue weighted by Crippen LogP contribution is 2.32. The number of halogens is 1. The van der Waals surface area contributed by atoms with Gasteiger partial charge in [0.1, 0.15) is 11.5 Å². The molecule has 0 N–H and O–H groups in total. The van der Waals surface area contributed by atoms with Crippen molar-refractivity contribution in [3.63, 3.8) is 0 Å². The number of hydrogen-bond donors (Lipinski definition) is 0. The Morgan fingerprint density at radius 2 is 2.14 bits per heavy atom. The average Bonchev–Trinajstić information content (AvgIpc) is 2.70. The largest absolute Gasteiger partial charge is 0.496 e. The van der Waals surface area contributed by atoms with E-state index in [1.54, 1.807) is 13.4 Å². The molecule has 0 saturated carbocycles. The summed E-state index contributed by atoms with van der Waals surface area (Å²) in [5, 5.41) is 0. The Morgan fingerprint density at radius 1 is 1.29 bits per heavy atom. The Kier molecular flexibility index (Phi) is 2.59. The summed E-state index contributed by atoms with van der Waals surface area (Å²) in [4.78, 5) is 0. The summed E-state index contributed by atoms with van der Waals surface area (Å²) in [7, 11) is 1.65. The molecule has 0 saturated heterocycles. The van der Waals surface area contributed by atoms with Crippen molar-refractivity contribution < 1.29 is 9.15 Å². The second-order valence-electron chi connectivity index (χ2n) is 2.82. The first-order valence-corrected chi connectivity index (χ1v) is 4.98. The van der Waals surface area contributed by atoms with Crippen LogP contribution in [0.3, 0.4) is 0 Å². The van der Waals surface area contributed by atoms with E-state index >= 15 is 0 Å². The molecule has 2 nitrogen and oxygen atoms in total. The molecule has 1 aromatic heterocycles. The van der Waals surface area contributed by atoms with Crippen molar-refractivity contribution >= 4 is 15.9 Å². The van der Waals surface area contributed by atoms with Crippen LogP contribution in [-0.4, -0.2) is 7.11 Å². The summed E-state index contributed by atoms with van der Waals surface area (Å²) in [6.45, 7) is 0.